The Hall–Kier alpha value is -3.03. The van der Waals surface area contributed by atoms with Gasteiger partial charge in [0, 0.05) is 44.3 Å². The molecule has 0 radical (unpaired) electrons. The van der Waals surface area contributed by atoms with Gasteiger partial charge in [-0.2, -0.15) is 17.8 Å². The van der Waals surface area contributed by atoms with E-state index in [9.17, 15) is 26.4 Å². The second-order valence-corrected chi connectivity index (χ2v) is 14.2. The van der Waals surface area contributed by atoms with Gasteiger partial charge in [-0.1, -0.05) is 6.42 Å². The minimum atomic E-state index is -4.07. The normalized spacial score (nSPS) is 20.9. The summed E-state index contributed by atoms with van der Waals surface area (Å²) >= 11 is 0. The number of alkyl halides is 2. The number of carbonyl (C=O) groups excluding carboxylic acids is 1. The van der Waals surface area contributed by atoms with Crippen LogP contribution in [-0.2, 0) is 10.2 Å². The van der Waals surface area contributed by atoms with Crippen LogP contribution in [0, 0.1) is 5.82 Å². The summed E-state index contributed by atoms with van der Waals surface area (Å²) in [6.07, 6.45) is 5.36. The molecule has 3 fully saturated rings. The molecule has 3 heterocycles. The molecule has 9 nitrogen and oxygen atoms in total. The van der Waals surface area contributed by atoms with Gasteiger partial charge in [0.15, 0.2) is 5.65 Å². The molecule has 0 unspecified atom stereocenters. The maximum absolute atomic E-state index is 13.8. The first kappa shape index (κ1) is 30.0. The number of pyridine rings is 1. The van der Waals surface area contributed by atoms with E-state index in [1.807, 2.05) is 0 Å². The van der Waals surface area contributed by atoms with E-state index in [-0.39, 0.29) is 36.4 Å². The number of benzene rings is 1. The molecule has 1 aromatic carbocycles. The largest absolute Gasteiger partial charge is 0.303 e. The Balaban J connectivity index is 1.41. The predicted octanol–water partition coefficient (Wildman–Crippen LogP) is 5.12. The van der Waals surface area contributed by atoms with Gasteiger partial charge in [0.05, 0.1) is 11.4 Å². The van der Waals surface area contributed by atoms with Crippen molar-refractivity contribution in [1.82, 2.24) is 28.7 Å². The lowest BCUT2D eigenvalue weighted by atomic mass is 9.79. The highest BCUT2D eigenvalue weighted by molar-refractivity contribution is 7.87. The van der Waals surface area contributed by atoms with E-state index >= 15 is 0 Å². The van der Waals surface area contributed by atoms with Crippen LogP contribution in [0.3, 0.4) is 0 Å². The van der Waals surface area contributed by atoms with E-state index < -0.39 is 27.9 Å². The fraction of sp³-hybridized carbons (Fsp3) is 0.567. The van der Waals surface area contributed by atoms with Gasteiger partial charge in [-0.3, -0.25) is 4.79 Å². The van der Waals surface area contributed by atoms with Crippen molar-refractivity contribution in [3.8, 4) is 5.69 Å². The van der Waals surface area contributed by atoms with Crippen LogP contribution in [0.25, 0.3) is 16.7 Å². The third-order valence-electron chi connectivity index (χ3n) is 9.37. The number of nitrogens with one attached hydrogen (secondary N) is 1. The molecular formula is C30H37F3N6O3S. The van der Waals surface area contributed by atoms with E-state index in [0.717, 1.165) is 66.1 Å². The number of fused-ring (bicyclic) bond motifs is 1. The molecule has 3 aromatic rings. The highest BCUT2D eigenvalue weighted by Crippen LogP contribution is 2.44. The first-order chi connectivity index (χ1) is 20.4. The van der Waals surface area contributed by atoms with Crippen LogP contribution in [0.1, 0.15) is 91.4 Å². The molecular weight excluding hydrogens is 581 g/mol. The number of likely N-dealkylation sites (tertiary alicyclic amines) is 1. The van der Waals surface area contributed by atoms with E-state index in [1.165, 1.54) is 26.2 Å². The number of halogens is 3. The number of rotatable bonds is 7. The van der Waals surface area contributed by atoms with E-state index in [0.29, 0.717) is 24.2 Å². The van der Waals surface area contributed by atoms with E-state index in [1.54, 1.807) is 22.9 Å². The third kappa shape index (κ3) is 6.03. The molecule has 2 saturated carbocycles. The van der Waals surface area contributed by atoms with Crippen molar-refractivity contribution in [1.29, 1.82) is 0 Å². The molecule has 2 aliphatic carbocycles. The fourth-order valence-corrected chi connectivity index (χ4v) is 7.09. The zero-order valence-corrected chi connectivity index (χ0v) is 25.2. The summed E-state index contributed by atoms with van der Waals surface area (Å²) in [6.45, 7) is 1.48. The Labute approximate surface area is 249 Å². The summed E-state index contributed by atoms with van der Waals surface area (Å²) < 4.78 is 71.0. The SMILES string of the molecule is CN(C)S(=O)(=O)NC(=O)c1cc(C2CCN(C3CCC(F)(F)CC3)CC2)c2c(C3CCC3)nn(-c3ccc(F)cc3)c2n1. The zero-order chi connectivity index (χ0) is 30.5. The van der Waals surface area contributed by atoms with Gasteiger partial charge in [0.1, 0.15) is 11.5 Å². The molecule has 1 N–H and O–H groups in total. The topological polar surface area (TPSA) is 100 Å². The van der Waals surface area contributed by atoms with Crippen molar-refractivity contribution in [3.63, 3.8) is 0 Å². The summed E-state index contributed by atoms with van der Waals surface area (Å²) in [6, 6.07) is 7.71. The summed E-state index contributed by atoms with van der Waals surface area (Å²) in [5.74, 6) is -3.56. The van der Waals surface area contributed by atoms with Gasteiger partial charge in [-0.15, -0.1) is 0 Å². The van der Waals surface area contributed by atoms with Crippen LogP contribution in [-0.4, -0.2) is 77.4 Å². The number of hydrogen-bond acceptors (Lipinski definition) is 6. The molecule has 0 spiro atoms. The second-order valence-electron chi connectivity index (χ2n) is 12.3. The molecule has 0 atom stereocenters. The van der Waals surface area contributed by atoms with Crippen LogP contribution in [0.5, 0.6) is 0 Å². The number of piperidine rings is 1. The van der Waals surface area contributed by atoms with Crippen molar-refractivity contribution in [3.05, 3.63) is 53.1 Å². The highest BCUT2D eigenvalue weighted by Gasteiger charge is 2.38. The lowest BCUT2D eigenvalue weighted by Crippen LogP contribution is -2.44. The summed E-state index contributed by atoms with van der Waals surface area (Å²) in [5, 5.41) is 5.82. The highest BCUT2D eigenvalue weighted by atomic mass is 32.2. The van der Waals surface area contributed by atoms with Crippen molar-refractivity contribution >= 4 is 27.1 Å². The van der Waals surface area contributed by atoms with Crippen molar-refractivity contribution in [2.24, 2.45) is 0 Å². The van der Waals surface area contributed by atoms with Crippen LogP contribution in [0.2, 0.25) is 0 Å². The number of nitrogens with zero attached hydrogens (tertiary/aromatic N) is 5. The maximum Gasteiger partial charge on any atom is 0.303 e. The van der Waals surface area contributed by atoms with Gasteiger partial charge >= 0.3 is 10.2 Å². The second kappa shape index (κ2) is 11.5. The van der Waals surface area contributed by atoms with E-state index in [4.69, 9.17) is 5.10 Å². The third-order valence-corrected chi connectivity index (χ3v) is 10.8. The fourth-order valence-electron chi connectivity index (χ4n) is 6.57. The molecule has 13 heteroatoms. The first-order valence-electron chi connectivity index (χ1n) is 15.0. The molecule has 3 aliphatic rings. The van der Waals surface area contributed by atoms with Gasteiger partial charge in [0.25, 0.3) is 5.91 Å². The molecule has 43 heavy (non-hydrogen) atoms. The maximum atomic E-state index is 13.8. The smallest absolute Gasteiger partial charge is 0.300 e. The summed E-state index contributed by atoms with van der Waals surface area (Å²) in [7, 11) is -1.41. The Kier molecular flexibility index (Phi) is 8.01. The number of aromatic nitrogens is 3. The first-order valence-corrected chi connectivity index (χ1v) is 16.4. The van der Waals surface area contributed by atoms with Crippen molar-refractivity contribution < 1.29 is 26.4 Å². The van der Waals surface area contributed by atoms with Gasteiger partial charge in [0.2, 0.25) is 5.92 Å². The average molecular weight is 619 g/mol. The minimum Gasteiger partial charge on any atom is -0.300 e. The number of amides is 1. The van der Waals surface area contributed by atoms with Gasteiger partial charge in [-0.05, 0) is 93.4 Å². The number of hydrogen-bond donors (Lipinski definition) is 1. The lowest BCUT2D eigenvalue weighted by Gasteiger charge is -2.41. The Bertz CT molecular complexity index is 1600. The molecule has 6 rings (SSSR count). The van der Waals surface area contributed by atoms with Crippen LogP contribution >= 0.6 is 0 Å². The molecule has 1 aliphatic heterocycles. The summed E-state index contributed by atoms with van der Waals surface area (Å²) in [5.41, 5.74) is 2.74. The Morgan fingerprint density at radius 1 is 1.00 bits per heavy atom. The molecule has 0 bridgehead atoms. The Morgan fingerprint density at radius 3 is 2.23 bits per heavy atom. The molecule has 2 aromatic heterocycles. The van der Waals surface area contributed by atoms with Gasteiger partial charge < -0.3 is 4.90 Å². The Morgan fingerprint density at radius 2 is 1.65 bits per heavy atom. The standard InChI is InChI=1S/C30H37F3N6O3S/c1-37(2)43(41,42)36-29(40)25-18-24(19-12-16-38(17-13-19)22-10-14-30(32,33)15-11-22)26-27(20-4-3-5-20)35-39(28(26)34-25)23-8-6-21(31)7-9-23/h6-9,18-20,22H,3-5,10-17H2,1-2H3,(H,36,40). The monoisotopic (exact) mass is 618 g/mol. The van der Waals surface area contributed by atoms with Crippen molar-refractivity contribution in [2.75, 3.05) is 27.2 Å². The quantitative estimate of drug-likeness (QED) is 0.395. The summed E-state index contributed by atoms with van der Waals surface area (Å²) in [4.78, 5) is 20.3. The lowest BCUT2D eigenvalue weighted by molar-refractivity contribution is -0.0558. The van der Waals surface area contributed by atoms with Crippen LogP contribution < -0.4 is 4.72 Å². The number of carbonyl (C=O) groups is 1. The van der Waals surface area contributed by atoms with Gasteiger partial charge in [-0.25, -0.2) is 27.6 Å². The van der Waals surface area contributed by atoms with Crippen molar-refractivity contribution in [2.45, 2.75) is 81.6 Å². The zero-order valence-electron chi connectivity index (χ0n) is 24.4. The van der Waals surface area contributed by atoms with Crippen LogP contribution in [0.15, 0.2) is 30.3 Å². The average Bonchev–Trinajstić information content (AvgIpc) is 3.31. The minimum absolute atomic E-state index is 0.0356. The molecule has 1 amide bonds. The van der Waals surface area contributed by atoms with E-state index in [2.05, 4.69) is 14.6 Å². The predicted molar refractivity (Wildman–Crippen MR) is 156 cm³/mol. The van der Waals surface area contributed by atoms with Crippen LogP contribution in [0.4, 0.5) is 13.2 Å². The molecule has 232 valence electrons. The molecule has 1 saturated heterocycles.